The Bertz CT molecular complexity index is 590. The summed E-state index contributed by atoms with van der Waals surface area (Å²) in [5.41, 5.74) is -1.61. The molecule has 1 unspecified atom stereocenters. The smallest absolute Gasteiger partial charge is 0.245 e. The van der Waals surface area contributed by atoms with Gasteiger partial charge in [0.15, 0.2) is 0 Å². The average molecular weight is 346 g/mol. The molecule has 138 valence electrons. The molecular formula is C20H30N2O3. The molecule has 1 atom stereocenters. The molecule has 5 heteroatoms. The molecule has 0 aromatic heterocycles. The molecule has 0 spiro atoms. The van der Waals surface area contributed by atoms with E-state index in [1.165, 1.54) is 12.8 Å². The Morgan fingerprint density at radius 1 is 1.12 bits per heavy atom. The zero-order chi connectivity index (χ0) is 18.5. The van der Waals surface area contributed by atoms with Gasteiger partial charge in [0, 0.05) is 6.54 Å². The van der Waals surface area contributed by atoms with Crippen molar-refractivity contribution in [1.82, 2.24) is 10.6 Å². The van der Waals surface area contributed by atoms with Crippen molar-refractivity contribution in [2.24, 2.45) is 5.92 Å². The van der Waals surface area contributed by atoms with E-state index < -0.39 is 11.1 Å². The van der Waals surface area contributed by atoms with Gasteiger partial charge in [0.05, 0.1) is 12.0 Å². The fourth-order valence-electron chi connectivity index (χ4n) is 3.33. The molecule has 5 nitrogen and oxygen atoms in total. The predicted molar refractivity (Wildman–Crippen MR) is 97.8 cm³/mol. The molecule has 3 N–H and O–H groups in total. The van der Waals surface area contributed by atoms with Gasteiger partial charge >= 0.3 is 0 Å². The number of hydrogen-bond donors (Lipinski definition) is 3. The summed E-state index contributed by atoms with van der Waals surface area (Å²) >= 11 is 0. The van der Waals surface area contributed by atoms with Crippen LogP contribution >= 0.6 is 0 Å². The minimum Gasteiger partial charge on any atom is -0.385 e. The summed E-state index contributed by atoms with van der Waals surface area (Å²) in [6.07, 6.45) is 4.68. The van der Waals surface area contributed by atoms with Crippen LogP contribution in [0.15, 0.2) is 30.3 Å². The van der Waals surface area contributed by atoms with Crippen LogP contribution in [0, 0.1) is 5.92 Å². The summed E-state index contributed by atoms with van der Waals surface area (Å²) in [5, 5.41) is 16.3. The van der Waals surface area contributed by atoms with E-state index in [1.807, 2.05) is 18.2 Å². The van der Waals surface area contributed by atoms with E-state index in [1.54, 1.807) is 32.9 Å². The third-order valence-corrected chi connectivity index (χ3v) is 4.95. The maximum Gasteiger partial charge on any atom is 0.245 e. The Morgan fingerprint density at radius 2 is 1.72 bits per heavy atom. The van der Waals surface area contributed by atoms with Gasteiger partial charge in [-0.1, -0.05) is 43.2 Å². The van der Waals surface area contributed by atoms with Crippen molar-refractivity contribution in [1.29, 1.82) is 0 Å². The minimum absolute atomic E-state index is 0.101. The lowest BCUT2D eigenvalue weighted by atomic mass is 9.91. The first-order chi connectivity index (χ1) is 11.7. The predicted octanol–water partition coefficient (Wildman–Crippen LogP) is 2.49. The molecule has 0 bridgehead atoms. The summed E-state index contributed by atoms with van der Waals surface area (Å²) < 4.78 is 0. The van der Waals surface area contributed by atoms with Crippen LogP contribution in [0.4, 0.5) is 0 Å². The highest BCUT2D eigenvalue weighted by molar-refractivity contribution is 5.91. The number of amides is 2. The number of carbonyl (C=O) groups is 2. The van der Waals surface area contributed by atoms with E-state index in [-0.39, 0.29) is 18.2 Å². The quantitative estimate of drug-likeness (QED) is 0.710. The van der Waals surface area contributed by atoms with Gasteiger partial charge in [0.1, 0.15) is 5.54 Å². The number of carbonyl (C=O) groups excluding carboxylic acids is 2. The van der Waals surface area contributed by atoms with Gasteiger partial charge in [0.25, 0.3) is 0 Å². The largest absolute Gasteiger partial charge is 0.385 e. The Labute approximate surface area is 150 Å². The maximum absolute atomic E-state index is 12.4. The van der Waals surface area contributed by atoms with Crippen LogP contribution in [-0.4, -0.2) is 29.0 Å². The number of hydrogen-bond acceptors (Lipinski definition) is 3. The van der Waals surface area contributed by atoms with Crippen molar-refractivity contribution >= 4 is 11.8 Å². The molecule has 1 saturated carbocycles. The first-order valence-corrected chi connectivity index (χ1v) is 9.08. The fourth-order valence-corrected chi connectivity index (χ4v) is 3.33. The molecule has 0 heterocycles. The SMILES string of the molecule is CC(C)(NC(=O)CC(C)(O)c1ccccc1)C(=O)NCC1CCCC1. The lowest BCUT2D eigenvalue weighted by molar-refractivity contribution is -0.134. The standard InChI is InChI=1S/C20H30N2O3/c1-19(2,18(24)21-14-15-9-7-8-10-15)22-17(23)13-20(3,25)16-11-5-4-6-12-16/h4-6,11-12,15,25H,7-10,13-14H2,1-3H3,(H,21,24)(H,22,23). The summed E-state index contributed by atoms with van der Waals surface area (Å²) in [6, 6.07) is 9.07. The van der Waals surface area contributed by atoms with Crippen molar-refractivity contribution in [3.8, 4) is 0 Å². The van der Waals surface area contributed by atoms with Gasteiger partial charge in [-0.3, -0.25) is 9.59 Å². The van der Waals surface area contributed by atoms with Gasteiger partial charge in [0.2, 0.25) is 11.8 Å². The van der Waals surface area contributed by atoms with E-state index in [0.29, 0.717) is 18.0 Å². The number of rotatable bonds is 7. The summed E-state index contributed by atoms with van der Waals surface area (Å²) in [7, 11) is 0. The van der Waals surface area contributed by atoms with Crippen molar-refractivity contribution in [2.45, 2.75) is 64.0 Å². The Hall–Kier alpha value is -1.88. The zero-order valence-electron chi connectivity index (χ0n) is 15.5. The third-order valence-electron chi connectivity index (χ3n) is 4.95. The van der Waals surface area contributed by atoms with Crippen molar-refractivity contribution in [3.05, 3.63) is 35.9 Å². The first-order valence-electron chi connectivity index (χ1n) is 9.08. The molecule has 0 radical (unpaired) electrons. The highest BCUT2D eigenvalue weighted by Gasteiger charge is 2.33. The van der Waals surface area contributed by atoms with Gasteiger partial charge < -0.3 is 15.7 Å². The Kier molecular flexibility index (Phi) is 6.22. The molecule has 0 saturated heterocycles. The van der Waals surface area contributed by atoms with Crippen LogP contribution in [0.1, 0.15) is 58.4 Å². The normalized spacial score (nSPS) is 17.8. The Balaban J connectivity index is 1.87. The van der Waals surface area contributed by atoms with Crippen LogP contribution in [0.25, 0.3) is 0 Å². The average Bonchev–Trinajstić information content (AvgIpc) is 3.05. The van der Waals surface area contributed by atoms with E-state index >= 15 is 0 Å². The van der Waals surface area contributed by atoms with Crippen LogP contribution in [-0.2, 0) is 15.2 Å². The van der Waals surface area contributed by atoms with Crippen molar-refractivity contribution in [3.63, 3.8) is 0 Å². The van der Waals surface area contributed by atoms with Gasteiger partial charge in [-0.05, 0) is 45.1 Å². The summed E-state index contributed by atoms with van der Waals surface area (Å²) in [6.45, 7) is 5.65. The molecule has 1 fully saturated rings. The highest BCUT2D eigenvalue weighted by atomic mass is 16.3. The molecule has 1 aromatic carbocycles. The molecule has 1 aromatic rings. The second-order valence-corrected chi connectivity index (χ2v) is 7.85. The second-order valence-electron chi connectivity index (χ2n) is 7.85. The minimum atomic E-state index is -1.28. The monoisotopic (exact) mass is 346 g/mol. The summed E-state index contributed by atoms with van der Waals surface area (Å²) in [5.74, 6) is 0.0104. The fraction of sp³-hybridized carbons (Fsp3) is 0.600. The molecule has 1 aliphatic rings. The number of benzene rings is 1. The maximum atomic E-state index is 12.4. The molecule has 0 aliphatic heterocycles. The van der Waals surface area contributed by atoms with Crippen LogP contribution in [0.5, 0.6) is 0 Å². The Morgan fingerprint density at radius 3 is 2.32 bits per heavy atom. The van der Waals surface area contributed by atoms with Crippen LogP contribution < -0.4 is 10.6 Å². The highest BCUT2D eigenvalue weighted by Crippen LogP contribution is 2.25. The second kappa shape index (κ2) is 8.00. The summed E-state index contributed by atoms with van der Waals surface area (Å²) in [4.78, 5) is 24.8. The molecule has 2 amide bonds. The van der Waals surface area contributed by atoms with E-state index in [0.717, 1.165) is 12.8 Å². The van der Waals surface area contributed by atoms with Gasteiger partial charge in [-0.2, -0.15) is 0 Å². The van der Waals surface area contributed by atoms with Gasteiger partial charge in [-0.25, -0.2) is 0 Å². The van der Waals surface area contributed by atoms with Crippen LogP contribution in [0.3, 0.4) is 0 Å². The van der Waals surface area contributed by atoms with E-state index in [4.69, 9.17) is 0 Å². The van der Waals surface area contributed by atoms with Crippen molar-refractivity contribution in [2.75, 3.05) is 6.54 Å². The lowest BCUT2D eigenvalue weighted by Crippen LogP contribution is -2.56. The first kappa shape index (κ1) is 19.4. The topological polar surface area (TPSA) is 78.4 Å². The van der Waals surface area contributed by atoms with Crippen LogP contribution in [0.2, 0.25) is 0 Å². The van der Waals surface area contributed by atoms with Gasteiger partial charge in [-0.15, -0.1) is 0 Å². The van der Waals surface area contributed by atoms with E-state index in [2.05, 4.69) is 10.6 Å². The third kappa shape index (κ3) is 5.56. The molecule has 25 heavy (non-hydrogen) atoms. The zero-order valence-corrected chi connectivity index (χ0v) is 15.5. The molecular weight excluding hydrogens is 316 g/mol. The molecule has 1 aliphatic carbocycles. The number of nitrogens with one attached hydrogen (secondary N) is 2. The lowest BCUT2D eigenvalue weighted by Gasteiger charge is -2.29. The number of aliphatic hydroxyl groups is 1. The molecule has 2 rings (SSSR count). The van der Waals surface area contributed by atoms with Crippen molar-refractivity contribution < 1.29 is 14.7 Å². The van der Waals surface area contributed by atoms with E-state index in [9.17, 15) is 14.7 Å².